The van der Waals surface area contributed by atoms with E-state index in [0.29, 0.717) is 13.2 Å². The molecule has 192 valence electrons. The quantitative estimate of drug-likeness (QED) is 0.0801. The summed E-state index contributed by atoms with van der Waals surface area (Å²) in [6.45, 7) is 11.6. The molecule has 0 aliphatic rings. The first-order valence-electron chi connectivity index (χ1n) is 11.4. The summed E-state index contributed by atoms with van der Waals surface area (Å²) in [5.74, 6) is -0.541. The third-order valence-corrected chi connectivity index (χ3v) is 13.7. The number of esters is 1. The monoisotopic (exact) mass is 506 g/mol. The Morgan fingerprint density at radius 3 is 2.36 bits per heavy atom. The molecule has 33 heavy (non-hydrogen) atoms. The van der Waals surface area contributed by atoms with Gasteiger partial charge >= 0.3 is 20.6 Å². The molecule has 0 saturated heterocycles. The molecular formula is C21H42N2O8Si2. The average molecular weight is 507 g/mol. The zero-order valence-corrected chi connectivity index (χ0v) is 22.6. The van der Waals surface area contributed by atoms with E-state index >= 15 is 0 Å². The minimum Gasteiger partial charge on any atom is -0.461 e. The number of carbonyl (C=O) groups is 3. The molecule has 0 heterocycles. The fourth-order valence-corrected chi connectivity index (χ4v) is 12.3. The van der Waals surface area contributed by atoms with Gasteiger partial charge in [0.05, 0.1) is 13.2 Å². The van der Waals surface area contributed by atoms with Crippen molar-refractivity contribution < 1.29 is 37.1 Å². The highest BCUT2D eigenvalue weighted by Crippen LogP contribution is 2.28. The molecule has 0 fully saturated rings. The molecule has 0 aliphatic heterocycles. The normalized spacial score (nSPS) is 14.4. The van der Waals surface area contributed by atoms with E-state index in [9.17, 15) is 14.4 Å². The van der Waals surface area contributed by atoms with E-state index in [-0.39, 0.29) is 26.4 Å². The summed E-state index contributed by atoms with van der Waals surface area (Å²) in [4.78, 5) is 32.8. The van der Waals surface area contributed by atoms with Crippen molar-refractivity contribution in [2.75, 3.05) is 46.6 Å². The molecule has 0 aromatic heterocycles. The van der Waals surface area contributed by atoms with Gasteiger partial charge in [-0.05, 0) is 44.1 Å². The highest BCUT2D eigenvalue weighted by atomic mass is 28.4. The van der Waals surface area contributed by atoms with Crippen molar-refractivity contribution in [2.45, 2.75) is 57.4 Å². The molecular weight excluding hydrogens is 464 g/mol. The van der Waals surface area contributed by atoms with Crippen LogP contribution in [0.1, 0.15) is 26.2 Å². The lowest BCUT2D eigenvalue weighted by Crippen LogP contribution is -2.50. The zero-order chi connectivity index (χ0) is 25.0. The Labute approximate surface area is 200 Å². The van der Waals surface area contributed by atoms with E-state index < -0.39 is 28.9 Å². The van der Waals surface area contributed by atoms with Crippen molar-refractivity contribution in [3.63, 3.8) is 0 Å². The van der Waals surface area contributed by atoms with Gasteiger partial charge in [-0.15, -0.1) is 0 Å². The Bertz CT molecular complexity index is 584. The molecule has 0 radical (unpaired) electrons. The van der Waals surface area contributed by atoms with E-state index in [2.05, 4.69) is 37.2 Å². The largest absolute Gasteiger partial charge is 0.461 e. The number of amides is 2. The van der Waals surface area contributed by atoms with Gasteiger partial charge < -0.3 is 33.4 Å². The third kappa shape index (κ3) is 16.5. The van der Waals surface area contributed by atoms with Crippen LogP contribution in [0, 0.1) is 0 Å². The predicted molar refractivity (Wildman–Crippen MR) is 131 cm³/mol. The first-order valence-corrected chi connectivity index (χ1v) is 16.8. The maximum atomic E-state index is 11.5. The van der Waals surface area contributed by atoms with Gasteiger partial charge in [-0.25, -0.2) is 9.59 Å². The molecule has 2 unspecified atom stereocenters. The van der Waals surface area contributed by atoms with Gasteiger partial charge in [0, 0.05) is 26.3 Å². The first-order chi connectivity index (χ1) is 15.7. The van der Waals surface area contributed by atoms with Crippen LogP contribution in [-0.4, -0.2) is 82.0 Å². The Hall–Kier alpha value is -1.74. The second kappa shape index (κ2) is 18.7. The number of rotatable bonds is 21. The van der Waals surface area contributed by atoms with Crippen molar-refractivity contribution in [3.05, 3.63) is 12.7 Å². The van der Waals surface area contributed by atoms with Crippen LogP contribution in [0.5, 0.6) is 0 Å². The fraction of sp³-hybridized carbons (Fsp3) is 0.762. The molecule has 2 amide bonds. The number of hydrogen-bond donors (Lipinski definition) is 2. The zero-order valence-electron chi connectivity index (χ0n) is 20.6. The molecule has 2 N–H and O–H groups in total. The number of hydrogen-bond acceptors (Lipinski definition) is 8. The number of alkyl carbamates (subject to hydrolysis) is 1. The summed E-state index contributed by atoms with van der Waals surface area (Å²) in [6.07, 6.45) is 3.96. The highest BCUT2D eigenvalue weighted by molar-refractivity contribution is 6.83. The lowest BCUT2D eigenvalue weighted by atomic mass is 10.5. The Morgan fingerprint density at radius 2 is 1.73 bits per heavy atom. The standard InChI is InChI=1S/C21H42N2O8Si2/c1-6-16-32(4,17-8-10-22-19-24)31-33(5,27-3)18-9-12-28-14-15-30-21(26)23-11-13-29-20(25)7-2/h7,19H,2,6,8-18H2,1,3-5H3,(H,22,24)(H,23,26). The predicted octanol–water partition coefficient (Wildman–Crippen LogP) is 2.70. The van der Waals surface area contributed by atoms with Crippen LogP contribution in [0.3, 0.4) is 0 Å². The Morgan fingerprint density at radius 1 is 0.970 bits per heavy atom. The molecule has 10 nitrogen and oxygen atoms in total. The van der Waals surface area contributed by atoms with Gasteiger partial charge in [-0.3, -0.25) is 4.79 Å². The summed E-state index contributed by atoms with van der Waals surface area (Å²) in [7, 11) is -2.54. The maximum absolute atomic E-state index is 11.5. The topological polar surface area (TPSA) is 121 Å². The summed E-state index contributed by atoms with van der Waals surface area (Å²) in [6, 6.07) is 2.86. The molecule has 0 aromatic rings. The second-order valence-corrected chi connectivity index (χ2v) is 15.9. The van der Waals surface area contributed by atoms with Crippen LogP contribution in [-0.2, 0) is 32.3 Å². The van der Waals surface area contributed by atoms with E-state index in [1.807, 2.05) is 0 Å². The second-order valence-electron chi connectivity index (χ2n) is 7.97. The summed E-state index contributed by atoms with van der Waals surface area (Å²) in [5.41, 5.74) is 0. The van der Waals surface area contributed by atoms with Gasteiger partial charge in [0.1, 0.15) is 13.2 Å². The SMILES string of the molecule is C=CC(=O)OCCNC(=O)OCCOCCC[Si](C)(OC)O[Si](C)(CCC)CCCNC=O. The first kappa shape index (κ1) is 31.3. The molecule has 2 atom stereocenters. The van der Waals surface area contributed by atoms with Crippen molar-refractivity contribution in [2.24, 2.45) is 0 Å². The van der Waals surface area contributed by atoms with Gasteiger partial charge in [-0.1, -0.05) is 19.9 Å². The van der Waals surface area contributed by atoms with Crippen LogP contribution in [0.15, 0.2) is 12.7 Å². The van der Waals surface area contributed by atoms with Crippen LogP contribution in [0.2, 0.25) is 31.2 Å². The van der Waals surface area contributed by atoms with Crippen molar-refractivity contribution in [3.8, 4) is 0 Å². The summed E-state index contributed by atoms with van der Waals surface area (Å²) >= 11 is 0. The van der Waals surface area contributed by atoms with Gasteiger partial charge in [0.25, 0.3) is 0 Å². The maximum Gasteiger partial charge on any atom is 0.407 e. The molecule has 0 aliphatic carbocycles. The fourth-order valence-electron chi connectivity index (χ4n) is 3.30. The van der Waals surface area contributed by atoms with Crippen molar-refractivity contribution in [1.29, 1.82) is 0 Å². The molecule has 0 aromatic carbocycles. The lowest BCUT2D eigenvalue weighted by molar-refractivity contribution is -0.137. The van der Waals surface area contributed by atoms with Gasteiger partial charge in [0.15, 0.2) is 8.32 Å². The number of carbonyl (C=O) groups excluding carboxylic acids is 3. The van der Waals surface area contributed by atoms with E-state index in [1.54, 1.807) is 7.11 Å². The Kier molecular flexibility index (Phi) is 17.7. The summed E-state index contributed by atoms with van der Waals surface area (Å²) in [5, 5.41) is 5.19. The number of nitrogens with one attached hydrogen (secondary N) is 2. The van der Waals surface area contributed by atoms with E-state index in [1.165, 1.54) is 0 Å². The Balaban J connectivity index is 4.12. The van der Waals surface area contributed by atoms with Gasteiger partial charge in [0.2, 0.25) is 6.41 Å². The highest BCUT2D eigenvalue weighted by Gasteiger charge is 2.39. The summed E-state index contributed by atoms with van der Waals surface area (Å²) < 4.78 is 27.8. The van der Waals surface area contributed by atoms with Crippen molar-refractivity contribution in [1.82, 2.24) is 10.6 Å². The minimum absolute atomic E-state index is 0.0521. The van der Waals surface area contributed by atoms with Crippen LogP contribution < -0.4 is 10.6 Å². The van der Waals surface area contributed by atoms with E-state index in [4.69, 9.17) is 22.8 Å². The molecule has 12 heteroatoms. The van der Waals surface area contributed by atoms with Crippen molar-refractivity contribution >= 4 is 35.4 Å². The van der Waals surface area contributed by atoms with E-state index in [0.717, 1.165) is 49.9 Å². The van der Waals surface area contributed by atoms with Crippen LogP contribution in [0.25, 0.3) is 0 Å². The van der Waals surface area contributed by atoms with Crippen LogP contribution >= 0.6 is 0 Å². The minimum atomic E-state index is -2.33. The molecule has 0 rings (SSSR count). The smallest absolute Gasteiger partial charge is 0.407 e. The lowest BCUT2D eigenvalue weighted by Gasteiger charge is -2.37. The van der Waals surface area contributed by atoms with Gasteiger partial charge in [-0.2, -0.15) is 0 Å². The van der Waals surface area contributed by atoms with Crippen LogP contribution in [0.4, 0.5) is 4.79 Å². The molecule has 0 spiro atoms. The average Bonchev–Trinajstić information content (AvgIpc) is 2.79. The molecule has 0 saturated carbocycles. The number of ether oxygens (including phenoxy) is 3. The molecule has 0 bridgehead atoms. The third-order valence-electron chi connectivity index (χ3n) is 4.95.